The van der Waals surface area contributed by atoms with Crippen LogP contribution in [0.2, 0.25) is 0 Å². The van der Waals surface area contributed by atoms with Gasteiger partial charge in [0, 0.05) is 12.6 Å². The molecule has 5 aliphatic carbocycles. The molecule has 5 saturated carbocycles. The van der Waals surface area contributed by atoms with Gasteiger partial charge in [0.15, 0.2) is 0 Å². The predicted octanol–water partition coefficient (Wildman–Crippen LogP) is 8.88. The highest BCUT2D eigenvalue weighted by Gasteiger charge is 2.77. The summed E-state index contributed by atoms with van der Waals surface area (Å²) in [4.78, 5) is 0. The molecule has 10 atom stereocenters. The van der Waals surface area contributed by atoms with E-state index in [4.69, 9.17) is 0 Å². The van der Waals surface area contributed by atoms with E-state index in [2.05, 4.69) is 70.3 Å². The fraction of sp³-hybridized carbons (Fsp3) is 0.824. The smallest absolute Gasteiger partial charge is 0.0208 e. The van der Waals surface area contributed by atoms with Gasteiger partial charge < -0.3 is 5.32 Å². The number of rotatable bonds is 8. The highest BCUT2D eigenvalue weighted by molar-refractivity contribution is 5.27. The van der Waals surface area contributed by atoms with Crippen molar-refractivity contribution < 1.29 is 0 Å². The highest BCUT2D eigenvalue weighted by Crippen LogP contribution is 2.81. The van der Waals surface area contributed by atoms with Gasteiger partial charge in [-0.25, -0.2) is 0 Å². The summed E-state index contributed by atoms with van der Waals surface area (Å²) in [6.07, 6.45) is 16.4. The van der Waals surface area contributed by atoms with Crippen LogP contribution in [-0.4, -0.2) is 6.04 Å². The SMILES string of the molecule is CC(C)CCC[C@@H](C)[C@H]1CC[C@H]2[C@@H]3C[C@H](NCc4ccccc4)[C@]45C[C@H]4CC[C@]5(C)[C@H]3CC[C@]12C. The van der Waals surface area contributed by atoms with E-state index in [-0.39, 0.29) is 0 Å². The quantitative estimate of drug-likeness (QED) is 0.396. The van der Waals surface area contributed by atoms with Crippen LogP contribution < -0.4 is 5.32 Å². The van der Waals surface area contributed by atoms with Crippen molar-refractivity contribution in [1.82, 2.24) is 5.32 Å². The zero-order chi connectivity index (χ0) is 24.4. The van der Waals surface area contributed by atoms with E-state index in [1.54, 1.807) is 0 Å². The third kappa shape index (κ3) is 3.72. The fourth-order valence-electron chi connectivity index (χ4n) is 11.5. The number of benzene rings is 1. The molecule has 1 nitrogen and oxygen atoms in total. The third-order valence-electron chi connectivity index (χ3n) is 13.2. The second kappa shape index (κ2) is 8.89. The molecule has 0 radical (unpaired) electrons. The molecule has 1 N–H and O–H groups in total. The van der Waals surface area contributed by atoms with Gasteiger partial charge in [-0.1, -0.05) is 84.2 Å². The molecule has 194 valence electrons. The molecule has 1 spiro atoms. The monoisotopic (exact) mass is 475 g/mol. The first-order valence-electron chi connectivity index (χ1n) is 15.6. The normalized spacial score (nSPS) is 46.6. The molecule has 35 heavy (non-hydrogen) atoms. The molecule has 5 aliphatic rings. The summed E-state index contributed by atoms with van der Waals surface area (Å²) >= 11 is 0. The Hall–Kier alpha value is -0.820. The Kier molecular flexibility index (Phi) is 6.22. The van der Waals surface area contributed by atoms with Crippen molar-refractivity contribution in [3.63, 3.8) is 0 Å². The molecule has 0 heterocycles. The van der Waals surface area contributed by atoms with Crippen LogP contribution in [0.1, 0.15) is 111 Å². The van der Waals surface area contributed by atoms with Gasteiger partial charge in [-0.2, -0.15) is 0 Å². The predicted molar refractivity (Wildman–Crippen MR) is 148 cm³/mol. The van der Waals surface area contributed by atoms with Crippen molar-refractivity contribution in [3.05, 3.63) is 35.9 Å². The van der Waals surface area contributed by atoms with Crippen LogP contribution in [-0.2, 0) is 6.54 Å². The molecule has 0 bridgehead atoms. The van der Waals surface area contributed by atoms with E-state index in [0.717, 1.165) is 54.0 Å². The van der Waals surface area contributed by atoms with Crippen LogP contribution >= 0.6 is 0 Å². The lowest BCUT2D eigenvalue weighted by Gasteiger charge is -2.61. The second-order valence-corrected chi connectivity index (χ2v) is 15.0. The molecule has 1 aromatic carbocycles. The number of nitrogens with one attached hydrogen (secondary N) is 1. The van der Waals surface area contributed by atoms with Gasteiger partial charge in [-0.15, -0.1) is 0 Å². The van der Waals surface area contributed by atoms with Crippen molar-refractivity contribution >= 4 is 0 Å². The fourth-order valence-corrected chi connectivity index (χ4v) is 11.5. The molecule has 0 aliphatic heterocycles. The van der Waals surface area contributed by atoms with Crippen LogP contribution in [0.15, 0.2) is 30.3 Å². The van der Waals surface area contributed by atoms with E-state index in [0.29, 0.717) is 16.2 Å². The molecular formula is C34H53N. The van der Waals surface area contributed by atoms with Gasteiger partial charge in [-0.3, -0.25) is 0 Å². The number of fused-ring (bicyclic) bond motifs is 4. The van der Waals surface area contributed by atoms with Crippen molar-refractivity contribution in [1.29, 1.82) is 0 Å². The molecular weight excluding hydrogens is 422 g/mol. The minimum Gasteiger partial charge on any atom is -0.309 e. The first-order valence-corrected chi connectivity index (χ1v) is 15.6. The molecule has 1 heteroatoms. The topological polar surface area (TPSA) is 12.0 Å². The minimum absolute atomic E-state index is 0.594. The standard InChI is InChI=1S/C34H53N/c1-23(2)10-9-11-24(3)28-14-15-29-27-20-31(35-22-25-12-7-6-8-13-25)34-21-26(34)16-19-33(34,5)30(27)17-18-32(28,29)4/h6-8,12-13,23-24,26-31,35H,9-11,14-22H2,1-5H3/t24-,26-,27+,28-,29+,30+,31+,32-,33-,34+/m1/s1. The second-order valence-electron chi connectivity index (χ2n) is 15.0. The molecule has 6 rings (SSSR count). The van der Waals surface area contributed by atoms with E-state index in [9.17, 15) is 0 Å². The lowest BCUT2D eigenvalue weighted by atomic mass is 9.44. The van der Waals surface area contributed by atoms with Crippen molar-refractivity contribution in [2.75, 3.05) is 0 Å². The van der Waals surface area contributed by atoms with Crippen molar-refractivity contribution in [2.24, 2.45) is 57.7 Å². The van der Waals surface area contributed by atoms with Gasteiger partial charge in [0.25, 0.3) is 0 Å². The molecule has 1 aromatic rings. The third-order valence-corrected chi connectivity index (χ3v) is 13.2. The number of hydrogen-bond acceptors (Lipinski definition) is 1. The Morgan fingerprint density at radius 3 is 2.46 bits per heavy atom. The van der Waals surface area contributed by atoms with Gasteiger partial charge >= 0.3 is 0 Å². The molecule has 0 aromatic heterocycles. The maximum absolute atomic E-state index is 4.21. The van der Waals surface area contributed by atoms with E-state index >= 15 is 0 Å². The van der Waals surface area contributed by atoms with Crippen LogP contribution in [0.5, 0.6) is 0 Å². The zero-order valence-corrected chi connectivity index (χ0v) is 23.5. The maximum Gasteiger partial charge on any atom is 0.0208 e. The van der Waals surface area contributed by atoms with E-state index in [1.807, 2.05) is 0 Å². The van der Waals surface area contributed by atoms with Crippen LogP contribution in [0.25, 0.3) is 0 Å². The highest BCUT2D eigenvalue weighted by atomic mass is 15.0. The van der Waals surface area contributed by atoms with Crippen LogP contribution in [0.4, 0.5) is 0 Å². The van der Waals surface area contributed by atoms with Crippen molar-refractivity contribution in [2.45, 2.75) is 118 Å². The molecule has 0 unspecified atom stereocenters. The average Bonchev–Trinajstić information content (AvgIpc) is 3.34. The number of hydrogen-bond donors (Lipinski definition) is 1. The lowest BCUT2D eigenvalue weighted by Crippen LogP contribution is -2.59. The Labute approximate surface area is 216 Å². The summed E-state index contributed by atoms with van der Waals surface area (Å²) in [7, 11) is 0. The summed E-state index contributed by atoms with van der Waals surface area (Å²) in [6.45, 7) is 14.0. The molecule has 0 saturated heterocycles. The Morgan fingerprint density at radius 2 is 1.71 bits per heavy atom. The first kappa shape index (κ1) is 24.5. The summed E-state index contributed by atoms with van der Waals surface area (Å²) in [5.41, 5.74) is 3.29. The van der Waals surface area contributed by atoms with E-state index < -0.39 is 0 Å². The van der Waals surface area contributed by atoms with Gasteiger partial charge in [0.1, 0.15) is 0 Å². The first-order chi connectivity index (χ1) is 16.8. The van der Waals surface area contributed by atoms with Crippen molar-refractivity contribution in [3.8, 4) is 0 Å². The molecule has 5 fully saturated rings. The Balaban J connectivity index is 1.22. The van der Waals surface area contributed by atoms with E-state index in [1.165, 1.54) is 76.2 Å². The van der Waals surface area contributed by atoms with Gasteiger partial charge in [0.05, 0.1) is 0 Å². The Bertz CT molecular complexity index is 891. The summed E-state index contributed by atoms with van der Waals surface area (Å²) in [5.74, 6) is 6.70. The van der Waals surface area contributed by atoms with Gasteiger partial charge in [-0.05, 0) is 115 Å². The van der Waals surface area contributed by atoms with Gasteiger partial charge in [0.2, 0.25) is 0 Å². The largest absolute Gasteiger partial charge is 0.309 e. The zero-order valence-electron chi connectivity index (χ0n) is 23.5. The lowest BCUT2D eigenvalue weighted by molar-refractivity contribution is -0.117. The van der Waals surface area contributed by atoms with Crippen LogP contribution in [0.3, 0.4) is 0 Å². The summed E-state index contributed by atoms with van der Waals surface area (Å²) < 4.78 is 0. The average molecular weight is 476 g/mol. The minimum atomic E-state index is 0.594. The maximum atomic E-state index is 4.21. The summed E-state index contributed by atoms with van der Waals surface area (Å²) in [6, 6.07) is 11.9. The van der Waals surface area contributed by atoms with Crippen LogP contribution in [0, 0.1) is 57.7 Å². The summed E-state index contributed by atoms with van der Waals surface area (Å²) in [5, 5.41) is 4.21. The molecule has 0 amide bonds. The Morgan fingerprint density at radius 1 is 0.914 bits per heavy atom.